The fourth-order valence-corrected chi connectivity index (χ4v) is 3.19. The first-order valence-corrected chi connectivity index (χ1v) is 7.29. The Bertz CT molecular complexity index is 285. The van der Waals surface area contributed by atoms with Crippen LogP contribution < -0.4 is 10.6 Å². The Morgan fingerprint density at radius 1 is 1.18 bits per heavy atom. The van der Waals surface area contributed by atoms with Crippen molar-refractivity contribution < 1.29 is 4.79 Å². The largest absolute Gasteiger partial charge is 0.351 e. The zero-order valence-corrected chi connectivity index (χ0v) is 10.7. The highest BCUT2D eigenvalue weighted by atomic mass is 16.2. The lowest BCUT2D eigenvalue weighted by Crippen LogP contribution is -2.53. The van der Waals surface area contributed by atoms with Gasteiger partial charge in [-0.3, -0.25) is 4.79 Å². The molecule has 2 N–H and O–H groups in total. The first-order chi connectivity index (χ1) is 8.25. The number of hydrogen-bond acceptors (Lipinski definition) is 2. The summed E-state index contributed by atoms with van der Waals surface area (Å²) in [6.07, 6.45) is 7.70. The number of carbonyl (C=O) groups is 1. The molecule has 3 heteroatoms. The third kappa shape index (κ3) is 2.65. The molecule has 17 heavy (non-hydrogen) atoms. The van der Waals surface area contributed by atoms with Gasteiger partial charge >= 0.3 is 0 Å². The second-order valence-electron chi connectivity index (χ2n) is 6.26. The average Bonchev–Trinajstić information content (AvgIpc) is 3.16. The molecule has 1 saturated heterocycles. The van der Waals surface area contributed by atoms with E-state index in [9.17, 15) is 4.79 Å². The summed E-state index contributed by atoms with van der Waals surface area (Å²) in [6, 6.07) is 0.558. The molecule has 3 rings (SSSR count). The Kier molecular flexibility index (Phi) is 3.12. The van der Waals surface area contributed by atoms with Crippen molar-refractivity contribution in [3.63, 3.8) is 0 Å². The van der Waals surface area contributed by atoms with Gasteiger partial charge in [0.05, 0.1) is 6.04 Å². The van der Waals surface area contributed by atoms with Gasteiger partial charge in [0.1, 0.15) is 0 Å². The Morgan fingerprint density at radius 2 is 1.82 bits per heavy atom. The maximum atomic E-state index is 12.3. The molecule has 2 atom stereocenters. The van der Waals surface area contributed by atoms with Crippen LogP contribution in [0.1, 0.15) is 45.4 Å². The summed E-state index contributed by atoms with van der Waals surface area (Å²) in [5, 5.41) is 6.72. The molecule has 0 aromatic carbocycles. The number of piperidine rings is 1. The summed E-state index contributed by atoms with van der Waals surface area (Å²) in [6.45, 7) is 3.19. The molecule has 3 nitrogen and oxygen atoms in total. The predicted octanol–water partition coefficient (Wildman–Crippen LogP) is 1.68. The highest BCUT2D eigenvalue weighted by Gasteiger charge is 2.43. The van der Waals surface area contributed by atoms with Crippen molar-refractivity contribution in [1.82, 2.24) is 10.6 Å². The Labute approximate surface area is 104 Å². The highest BCUT2D eigenvalue weighted by Crippen LogP contribution is 2.44. The first-order valence-electron chi connectivity index (χ1n) is 7.29. The van der Waals surface area contributed by atoms with Crippen LogP contribution in [0.4, 0.5) is 0 Å². The monoisotopic (exact) mass is 236 g/mol. The number of hydrogen-bond donors (Lipinski definition) is 2. The molecule has 1 heterocycles. The van der Waals surface area contributed by atoms with Crippen LogP contribution in [0.3, 0.4) is 0 Å². The molecule has 0 bridgehead atoms. The van der Waals surface area contributed by atoms with Crippen LogP contribution in [0.25, 0.3) is 0 Å². The topological polar surface area (TPSA) is 41.1 Å². The van der Waals surface area contributed by atoms with Crippen molar-refractivity contribution in [2.75, 3.05) is 6.54 Å². The van der Waals surface area contributed by atoms with E-state index >= 15 is 0 Å². The molecule has 1 aliphatic heterocycles. The summed E-state index contributed by atoms with van der Waals surface area (Å²) in [7, 11) is 0. The van der Waals surface area contributed by atoms with E-state index in [0.29, 0.717) is 12.0 Å². The summed E-state index contributed by atoms with van der Waals surface area (Å²) in [5.41, 5.74) is 0. The van der Waals surface area contributed by atoms with Crippen molar-refractivity contribution >= 4 is 5.91 Å². The molecule has 3 aliphatic rings. The minimum absolute atomic E-state index is 0.0590. The predicted molar refractivity (Wildman–Crippen MR) is 67.6 cm³/mol. The van der Waals surface area contributed by atoms with Crippen LogP contribution in [-0.4, -0.2) is 24.5 Å². The van der Waals surface area contributed by atoms with Crippen LogP contribution in [-0.2, 0) is 4.79 Å². The first kappa shape index (κ1) is 11.5. The summed E-state index contributed by atoms with van der Waals surface area (Å²) < 4.78 is 0. The van der Waals surface area contributed by atoms with E-state index in [4.69, 9.17) is 0 Å². The van der Waals surface area contributed by atoms with Crippen LogP contribution in [0.5, 0.6) is 0 Å². The lowest BCUT2D eigenvalue weighted by Gasteiger charge is -2.30. The SMILES string of the molecule is CC1CCCNC1C(=O)NC(C1CC1)C1CC1. The molecule has 0 radical (unpaired) electrons. The molecule has 1 amide bonds. The normalized spacial score (nSPS) is 33.8. The van der Waals surface area contributed by atoms with Gasteiger partial charge in [0.2, 0.25) is 5.91 Å². The van der Waals surface area contributed by atoms with Gasteiger partial charge in [-0.15, -0.1) is 0 Å². The molecule has 0 spiro atoms. The second-order valence-corrected chi connectivity index (χ2v) is 6.26. The van der Waals surface area contributed by atoms with E-state index in [2.05, 4.69) is 17.6 Å². The fraction of sp³-hybridized carbons (Fsp3) is 0.929. The van der Waals surface area contributed by atoms with Crippen molar-refractivity contribution in [1.29, 1.82) is 0 Å². The second kappa shape index (κ2) is 4.60. The van der Waals surface area contributed by atoms with Gasteiger partial charge in [0, 0.05) is 6.04 Å². The molecule has 96 valence electrons. The third-order valence-corrected chi connectivity index (χ3v) is 4.62. The molecule has 3 fully saturated rings. The number of carbonyl (C=O) groups excluding carboxylic acids is 1. The van der Waals surface area contributed by atoms with Gasteiger partial charge < -0.3 is 10.6 Å². The van der Waals surface area contributed by atoms with Crippen molar-refractivity contribution in [2.24, 2.45) is 17.8 Å². The van der Waals surface area contributed by atoms with E-state index in [1.54, 1.807) is 0 Å². The van der Waals surface area contributed by atoms with Crippen LogP contribution >= 0.6 is 0 Å². The van der Waals surface area contributed by atoms with E-state index in [-0.39, 0.29) is 11.9 Å². The van der Waals surface area contributed by atoms with Crippen molar-refractivity contribution in [2.45, 2.75) is 57.5 Å². The zero-order valence-electron chi connectivity index (χ0n) is 10.7. The highest BCUT2D eigenvalue weighted by molar-refractivity contribution is 5.82. The lowest BCUT2D eigenvalue weighted by molar-refractivity contribution is -0.125. The van der Waals surface area contributed by atoms with Gasteiger partial charge in [-0.2, -0.15) is 0 Å². The van der Waals surface area contributed by atoms with Crippen LogP contribution in [0.15, 0.2) is 0 Å². The maximum Gasteiger partial charge on any atom is 0.237 e. The Morgan fingerprint density at radius 3 is 2.35 bits per heavy atom. The van der Waals surface area contributed by atoms with Gasteiger partial charge in [-0.1, -0.05) is 6.92 Å². The average molecular weight is 236 g/mol. The molecule has 0 aromatic rings. The van der Waals surface area contributed by atoms with Gasteiger partial charge in [0.15, 0.2) is 0 Å². The van der Waals surface area contributed by atoms with Crippen LogP contribution in [0, 0.1) is 17.8 Å². The minimum Gasteiger partial charge on any atom is -0.351 e. The number of rotatable bonds is 4. The molecular formula is C14H24N2O. The maximum absolute atomic E-state index is 12.3. The smallest absolute Gasteiger partial charge is 0.237 e. The fourth-order valence-electron chi connectivity index (χ4n) is 3.19. The molecular weight excluding hydrogens is 212 g/mol. The molecule has 2 unspecified atom stereocenters. The summed E-state index contributed by atoms with van der Waals surface area (Å²) in [4.78, 5) is 12.3. The van der Waals surface area contributed by atoms with Gasteiger partial charge in [-0.05, 0) is 62.8 Å². The zero-order chi connectivity index (χ0) is 11.8. The standard InChI is InChI=1S/C14H24N2O/c1-9-3-2-8-15-12(9)14(17)16-13(10-4-5-10)11-6-7-11/h9-13,15H,2-8H2,1H3,(H,16,17). The molecule has 2 aliphatic carbocycles. The summed E-state index contributed by atoms with van der Waals surface area (Å²) in [5.74, 6) is 2.35. The van der Waals surface area contributed by atoms with Crippen LogP contribution in [0.2, 0.25) is 0 Å². The lowest BCUT2D eigenvalue weighted by atomic mass is 9.91. The summed E-state index contributed by atoms with van der Waals surface area (Å²) >= 11 is 0. The van der Waals surface area contributed by atoms with E-state index in [0.717, 1.165) is 18.4 Å². The van der Waals surface area contributed by atoms with Gasteiger partial charge in [-0.25, -0.2) is 0 Å². The van der Waals surface area contributed by atoms with Gasteiger partial charge in [0.25, 0.3) is 0 Å². The quantitative estimate of drug-likeness (QED) is 0.780. The number of amides is 1. The molecule has 2 saturated carbocycles. The van der Waals surface area contributed by atoms with Crippen molar-refractivity contribution in [3.05, 3.63) is 0 Å². The van der Waals surface area contributed by atoms with E-state index in [1.165, 1.54) is 38.5 Å². The molecule has 0 aromatic heterocycles. The Hall–Kier alpha value is -0.570. The van der Waals surface area contributed by atoms with Crippen molar-refractivity contribution in [3.8, 4) is 0 Å². The van der Waals surface area contributed by atoms with E-state index in [1.807, 2.05) is 0 Å². The number of nitrogens with one attached hydrogen (secondary N) is 2. The Balaban J connectivity index is 1.57. The third-order valence-electron chi connectivity index (χ3n) is 4.62. The van der Waals surface area contributed by atoms with E-state index < -0.39 is 0 Å². The minimum atomic E-state index is 0.0590.